The highest BCUT2D eigenvalue weighted by atomic mass is 35.5. The van der Waals surface area contributed by atoms with Gasteiger partial charge in [-0.15, -0.1) is 0 Å². The minimum absolute atomic E-state index is 0.0429. The molecule has 0 fully saturated rings. The van der Waals surface area contributed by atoms with Crippen LogP contribution >= 0.6 is 23.2 Å². The summed E-state index contributed by atoms with van der Waals surface area (Å²) in [6.07, 6.45) is 2.27. The van der Waals surface area contributed by atoms with Crippen molar-refractivity contribution >= 4 is 40.8 Å². The lowest BCUT2D eigenvalue weighted by Crippen LogP contribution is -2.47. The van der Waals surface area contributed by atoms with Gasteiger partial charge in [-0.3, -0.25) is 9.69 Å². The molecule has 2 aromatic carbocycles. The van der Waals surface area contributed by atoms with Gasteiger partial charge < -0.3 is 30.1 Å². The fourth-order valence-electron chi connectivity index (χ4n) is 5.21. The van der Waals surface area contributed by atoms with Crippen LogP contribution in [0.3, 0.4) is 0 Å². The van der Waals surface area contributed by atoms with Crippen molar-refractivity contribution in [1.82, 2.24) is 15.1 Å². The maximum Gasteiger partial charge on any atom is 0.319 e. The van der Waals surface area contributed by atoms with Crippen LogP contribution in [0.1, 0.15) is 69.8 Å². The van der Waals surface area contributed by atoms with E-state index in [0.29, 0.717) is 53.3 Å². The number of amides is 3. The molecule has 0 radical (unpaired) electrons. The van der Waals surface area contributed by atoms with E-state index in [4.69, 9.17) is 32.7 Å². The molecule has 1 heterocycles. The lowest BCUT2D eigenvalue weighted by molar-refractivity contribution is -0.0177. The number of urea groups is 1. The Morgan fingerprint density at radius 3 is 2.55 bits per heavy atom. The van der Waals surface area contributed by atoms with Crippen LogP contribution in [0.5, 0.6) is 5.75 Å². The number of fused-ring (bicyclic) bond motifs is 1. The standard InChI is InChI=1S/C33H48Cl2N4O5/c1-21(2)36-33(42)37-26-11-13-30-27(16-26)32(41)39(23(4)20-40)17-22(3)31(43-14-8-7-9-24(5)44-30)19-38(6)18-25-10-12-28(34)29(35)15-25/h10-13,15-16,21-24,31,40H,7-9,14,17-20H2,1-6H3,(H2,36,37,42)/t22-,23+,24-,31+/m0/s1. The van der Waals surface area contributed by atoms with Gasteiger partial charge in [-0.25, -0.2) is 4.79 Å². The molecule has 0 aliphatic carbocycles. The normalized spacial score (nSPS) is 20.9. The number of aliphatic hydroxyl groups is 1. The first-order chi connectivity index (χ1) is 20.9. The van der Waals surface area contributed by atoms with E-state index in [1.165, 1.54) is 0 Å². The van der Waals surface area contributed by atoms with Crippen LogP contribution in [0.25, 0.3) is 0 Å². The highest BCUT2D eigenvalue weighted by Crippen LogP contribution is 2.29. The van der Waals surface area contributed by atoms with Gasteiger partial charge in [0.1, 0.15) is 5.75 Å². The van der Waals surface area contributed by atoms with Crippen molar-refractivity contribution < 1.29 is 24.2 Å². The van der Waals surface area contributed by atoms with Crippen molar-refractivity contribution in [3.63, 3.8) is 0 Å². The van der Waals surface area contributed by atoms with E-state index < -0.39 is 6.04 Å². The lowest BCUT2D eigenvalue weighted by Gasteiger charge is -2.36. The van der Waals surface area contributed by atoms with Crippen LogP contribution in [0.15, 0.2) is 36.4 Å². The van der Waals surface area contributed by atoms with Gasteiger partial charge in [-0.1, -0.05) is 36.2 Å². The molecular weight excluding hydrogens is 603 g/mol. The molecule has 0 unspecified atom stereocenters. The Morgan fingerprint density at radius 1 is 1.11 bits per heavy atom. The van der Waals surface area contributed by atoms with Crippen LogP contribution in [0.4, 0.5) is 10.5 Å². The second-order valence-electron chi connectivity index (χ2n) is 12.2. The van der Waals surface area contributed by atoms with E-state index in [-0.39, 0.29) is 42.7 Å². The highest BCUT2D eigenvalue weighted by Gasteiger charge is 2.30. The summed E-state index contributed by atoms with van der Waals surface area (Å²) in [4.78, 5) is 30.5. The molecule has 3 amide bonds. The molecule has 0 spiro atoms. The quantitative estimate of drug-likeness (QED) is 0.303. The lowest BCUT2D eigenvalue weighted by atomic mass is 10.0. The van der Waals surface area contributed by atoms with Crippen molar-refractivity contribution in [2.24, 2.45) is 5.92 Å². The number of aliphatic hydroxyl groups excluding tert-OH is 1. The van der Waals surface area contributed by atoms with Crippen molar-refractivity contribution in [2.75, 3.05) is 38.7 Å². The first-order valence-electron chi connectivity index (χ1n) is 15.4. The molecule has 4 atom stereocenters. The number of halogens is 2. The third-order valence-corrected chi connectivity index (χ3v) is 8.40. The zero-order chi connectivity index (χ0) is 32.4. The van der Waals surface area contributed by atoms with Crippen LogP contribution < -0.4 is 15.4 Å². The van der Waals surface area contributed by atoms with Gasteiger partial charge in [-0.05, 0) is 89.9 Å². The fraction of sp³-hybridized carbons (Fsp3) is 0.576. The topological polar surface area (TPSA) is 103 Å². The average Bonchev–Trinajstić information content (AvgIpc) is 2.96. The minimum atomic E-state index is -0.460. The summed E-state index contributed by atoms with van der Waals surface area (Å²) in [6.45, 7) is 11.7. The Hall–Kier alpha value is -2.56. The number of rotatable bonds is 8. The van der Waals surface area contributed by atoms with E-state index >= 15 is 0 Å². The van der Waals surface area contributed by atoms with Crippen molar-refractivity contribution in [3.05, 3.63) is 57.6 Å². The largest absolute Gasteiger partial charge is 0.490 e. The Kier molecular flexibility index (Phi) is 14.1. The fourth-order valence-corrected chi connectivity index (χ4v) is 5.53. The molecule has 44 heavy (non-hydrogen) atoms. The van der Waals surface area contributed by atoms with Crippen molar-refractivity contribution in [1.29, 1.82) is 0 Å². The van der Waals surface area contributed by atoms with E-state index in [9.17, 15) is 14.7 Å². The molecule has 0 saturated heterocycles. The van der Waals surface area contributed by atoms with E-state index in [1.54, 1.807) is 29.2 Å². The number of likely N-dealkylation sites (N-methyl/N-ethyl adjacent to an activating group) is 1. The second kappa shape index (κ2) is 17.2. The molecule has 3 rings (SSSR count). The maximum atomic E-state index is 14.2. The SMILES string of the molecule is CC(C)NC(=O)Nc1ccc2c(c1)C(=O)N([C@H](C)CO)C[C@H](C)[C@@H](CN(C)Cc1ccc(Cl)c(Cl)c1)OCCCC[C@H](C)O2. The zero-order valence-corrected chi connectivity index (χ0v) is 28.3. The molecule has 1 aliphatic rings. The summed E-state index contributed by atoms with van der Waals surface area (Å²) >= 11 is 12.4. The molecule has 1 aliphatic heterocycles. The van der Waals surface area contributed by atoms with Gasteiger partial charge in [0.15, 0.2) is 0 Å². The van der Waals surface area contributed by atoms with Gasteiger partial charge in [0.25, 0.3) is 5.91 Å². The number of hydrogen-bond donors (Lipinski definition) is 3. The van der Waals surface area contributed by atoms with E-state index in [2.05, 4.69) is 22.5 Å². The summed E-state index contributed by atoms with van der Waals surface area (Å²) in [6, 6.07) is 9.89. The summed E-state index contributed by atoms with van der Waals surface area (Å²) in [5.74, 6) is 0.105. The number of hydrogen-bond acceptors (Lipinski definition) is 6. The number of carbonyl (C=O) groups excluding carboxylic acids is 2. The molecule has 0 saturated carbocycles. The molecule has 3 N–H and O–H groups in total. The van der Waals surface area contributed by atoms with Gasteiger partial charge in [0.05, 0.1) is 40.5 Å². The molecule has 11 heteroatoms. The smallest absolute Gasteiger partial charge is 0.319 e. The van der Waals surface area contributed by atoms with Crippen LogP contribution in [-0.4, -0.2) is 84.5 Å². The Labute approximate surface area is 272 Å². The predicted octanol–water partition coefficient (Wildman–Crippen LogP) is 6.45. The molecule has 2 aromatic rings. The molecule has 0 bridgehead atoms. The van der Waals surface area contributed by atoms with E-state index in [0.717, 1.165) is 24.8 Å². The number of benzene rings is 2. The number of nitrogens with zero attached hydrogens (tertiary/aromatic N) is 2. The van der Waals surface area contributed by atoms with Gasteiger partial charge in [-0.2, -0.15) is 0 Å². The number of nitrogens with one attached hydrogen (secondary N) is 2. The van der Waals surface area contributed by atoms with Crippen LogP contribution in [0.2, 0.25) is 10.0 Å². The second-order valence-corrected chi connectivity index (χ2v) is 13.0. The van der Waals surface area contributed by atoms with Crippen LogP contribution in [0, 0.1) is 5.92 Å². The molecular formula is C33H48Cl2N4O5. The first-order valence-corrected chi connectivity index (χ1v) is 16.2. The van der Waals surface area contributed by atoms with E-state index in [1.807, 2.05) is 46.9 Å². The molecule has 9 nitrogen and oxygen atoms in total. The third kappa shape index (κ3) is 10.8. The van der Waals surface area contributed by atoms with Crippen LogP contribution in [-0.2, 0) is 11.3 Å². The number of anilines is 1. The third-order valence-electron chi connectivity index (χ3n) is 7.66. The van der Waals surface area contributed by atoms with Gasteiger partial charge in [0.2, 0.25) is 0 Å². The van der Waals surface area contributed by atoms with Gasteiger partial charge >= 0.3 is 6.03 Å². The maximum absolute atomic E-state index is 14.2. The minimum Gasteiger partial charge on any atom is -0.490 e. The molecule has 244 valence electrons. The summed E-state index contributed by atoms with van der Waals surface area (Å²) in [5, 5.41) is 16.8. The highest BCUT2D eigenvalue weighted by molar-refractivity contribution is 6.42. The average molecular weight is 652 g/mol. The monoisotopic (exact) mass is 650 g/mol. The van der Waals surface area contributed by atoms with Crippen molar-refractivity contribution in [2.45, 2.75) is 84.7 Å². The Morgan fingerprint density at radius 2 is 1.86 bits per heavy atom. The molecule has 0 aromatic heterocycles. The van der Waals surface area contributed by atoms with Gasteiger partial charge in [0, 0.05) is 43.9 Å². The summed E-state index contributed by atoms with van der Waals surface area (Å²) in [7, 11) is 2.03. The summed E-state index contributed by atoms with van der Waals surface area (Å²) in [5.41, 5.74) is 1.85. The summed E-state index contributed by atoms with van der Waals surface area (Å²) < 4.78 is 12.7. The zero-order valence-electron chi connectivity index (χ0n) is 26.7. The van der Waals surface area contributed by atoms with Crippen molar-refractivity contribution in [3.8, 4) is 5.75 Å². The number of ether oxygens (including phenoxy) is 2. The predicted molar refractivity (Wildman–Crippen MR) is 177 cm³/mol. The Bertz CT molecular complexity index is 1250. The Balaban J connectivity index is 1.90. The number of carbonyl (C=O) groups is 2. The first kappa shape index (κ1) is 35.9.